The first-order valence-electron chi connectivity index (χ1n) is 5.86. The summed E-state index contributed by atoms with van der Waals surface area (Å²) in [6.07, 6.45) is 5.56. The Balaban J connectivity index is 0.00000256. The van der Waals surface area contributed by atoms with Crippen LogP contribution in [0.2, 0.25) is 0 Å². The van der Waals surface area contributed by atoms with Gasteiger partial charge in [-0.2, -0.15) is 0 Å². The third kappa shape index (κ3) is 4.17. The molecular weight excluding hydrogens is 236 g/mol. The molecule has 0 bridgehead atoms. The smallest absolute Gasteiger partial charge is 0.230 e. The van der Waals surface area contributed by atoms with Crippen molar-refractivity contribution in [1.82, 2.24) is 10.2 Å². The molecule has 1 N–H and O–H groups in total. The second-order valence-electron chi connectivity index (χ2n) is 4.63. The monoisotopic (exact) mass is 258 g/mol. The summed E-state index contributed by atoms with van der Waals surface area (Å²) >= 11 is 0. The zero-order chi connectivity index (χ0) is 12.0. The maximum absolute atomic E-state index is 12.4. The molecule has 1 atom stereocenters. The number of carbonyl (C=O) groups excluding carboxylic acids is 1. The van der Waals surface area contributed by atoms with E-state index in [1.807, 2.05) is 11.8 Å². The summed E-state index contributed by atoms with van der Waals surface area (Å²) < 4.78 is 0. The molecule has 0 aromatic carbocycles. The molecule has 3 nitrogen and oxygen atoms in total. The highest BCUT2D eigenvalue weighted by molar-refractivity contribution is 5.85. The van der Waals surface area contributed by atoms with E-state index in [0.717, 1.165) is 25.9 Å². The zero-order valence-corrected chi connectivity index (χ0v) is 11.4. The Labute approximate surface area is 110 Å². The topological polar surface area (TPSA) is 32.3 Å². The summed E-state index contributed by atoms with van der Waals surface area (Å²) in [5.74, 6) is 0.208. The zero-order valence-electron chi connectivity index (χ0n) is 10.6. The number of amides is 1. The second-order valence-corrected chi connectivity index (χ2v) is 4.63. The van der Waals surface area contributed by atoms with Gasteiger partial charge < -0.3 is 10.2 Å². The lowest BCUT2D eigenvalue weighted by atomic mass is 9.81. The first-order chi connectivity index (χ1) is 7.64. The molecule has 0 aromatic heterocycles. The van der Waals surface area contributed by atoms with E-state index < -0.39 is 0 Å². The van der Waals surface area contributed by atoms with Crippen molar-refractivity contribution >= 4 is 18.3 Å². The molecule has 17 heavy (non-hydrogen) atoms. The summed E-state index contributed by atoms with van der Waals surface area (Å²) in [5, 5.41) is 3.30. The minimum absolute atomic E-state index is 0. The highest BCUT2D eigenvalue weighted by Crippen LogP contribution is 2.27. The summed E-state index contributed by atoms with van der Waals surface area (Å²) in [6.45, 7) is 12.4. The van der Waals surface area contributed by atoms with E-state index in [9.17, 15) is 4.79 Å². The molecule has 1 saturated heterocycles. The van der Waals surface area contributed by atoms with Gasteiger partial charge in [0.1, 0.15) is 0 Å². The van der Waals surface area contributed by atoms with Crippen LogP contribution in [0.25, 0.3) is 0 Å². The van der Waals surface area contributed by atoms with Crippen LogP contribution in [0.4, 0.5) is 0 Å². The first-order valence-corrected chi connectivity index (χ1v) is 5.86. The molecule has 1 amide bonds. The number of nitrogens with zero attached hydrogens (tertiary/aromatic N) is 1. The standard InChI is InChI=1S/C13H22N2O.ClH/c1-4-9-15(10-5-2)12(16)13(3)7-6-8-14-11-13;/h4-5,14H,1-2,6-11H2,3H3;1H. The minimum atomic E-state index is -0.260. The van der Waals surface area contributed by atoms with Crippen LogP contribution in [-0.2, 0) is 4.79 Å². The third-order valence-corrected chi connectivity index (χ3v) is 3.10. The fraction of sp³-hybridized carbons (Fsp3) is 0.615. The van der Waals surface area contributed by atoms with Crippen molar-refractivity contribution in [2.45, 2.75) is 19.8 Å². The third-order valence-electron chi connectivity index (χ3n) is 3.10. The van der Waals surface area contributed by atoms with Crippen LogP contribution < -0.4 is 5.32 Å². The minimum Gasteiger partial charge on any atom is -0.335 e. The molecule has 1 rings (SSSR count). The van der Waals surface area contributed by atoms with Gasteiger partial charge in [0.05, 0.1) is 5.41 Å². The normalized spacial score (nSPS) is 23.4. The molecule has 1 aliphatic rings. The van der Waals surface area contributed by atoms with E-state index in [0.29, 0.717) is 13.1 Å². The number of rotatable bonds is 5. The lowest BCUT2D eigenvalue weighted by Gasteiger charge is -2.36. The highest BCUT2D eigenvalue weighted by Gasteiger charge is 2.36. The molecule has 0 aliphatic carbocycles. The number of piperidine rings is 1. The van der Waals surface area contributed by atoms with Gasteiger partial charge in [-0.25, -0.2) is 0 Å². The van der Waals surface area contributed by atoms with Crippen molar-refractivity contribution in [1.29, 1.82) is 0 Å². The first kappa shape index (κ1) is 16.2. The lowest BCUT2D eigenvalue weighted by Crippen LogP contribution is -2.50. The maximum atomic E-state index is 12.4. The molecule has 0 spiro atoms. The van der Waals surface area contributed by atoms with Crippen LogP contribution in [0.1, 0.15) is 19.8 Å². The molecule has 4 heteroatoms. The van der Waals surface area contributed by atoms with Crippen LogP contribution in [0.3, 0.4) is 0 Å². The number of hydrogen-bond acceptors (Lipinski definition) is 2. The molecule has 0 aromatic rings. The molecule has 0 saturated carbocycles. The van der Waals surface area contributed by atoms with Crippen LogP contribution >= 0.6 is 12.4 Å². The largest absolute Gasteiger partial charge is 0.335 e. The van der Waals surface area contributed by atoms with E-state index in [4.69, 9.17) is 0 Å². The van der Waals surface area contributed by atoms with Crippen molar-refractivity contribution in [3.63, 3.8) is 0 Å². The van der Waals surface area contributed by atoms with Gasteiger partial charge in [-0.1, -0.05) is 12.2 Å². The molecular formula is C13H23ClN2O. The Morgan fingerprint density at radius 2 is 2.00 bits per heavy atom. The summed E-state index contributed by atoms with van der Waals surface area (Å²) in [7, 11) is 0. The van der Waals surface area contributed by atoms with Gasteiger partial charge in [0.2, 0.25) is 5.91 Å². The maximum Gasteiger partial charge on any atom is 0.230 e. The Hall–Kier alpha value is -0.800. The average molecular weight is 259 g/mol. The van der Waals surface area contributed by atoms with Gasteiger partial charge in [0, 0.05) is 19.6 Å². The van der Waals surface area contributed by atoms with Crippen molar-refractivity contribution in [2.75, 3.05) is 26.2 Å². The Morgan fingerprint density at radius 3 is 2.41 bits per heavy atom. The van der Waals surface area contributed by atoms with E-state index in [1.165, 1.54) is 0 Å². The average Bonchev–Trinajstić information content (AvgIpc) is 2.29. The fourth-order valence-electron chi connectivity index (χ4n) is 2.17. The van der Waals surface area contributed by atoms with Crippen LogP contribution in [-0.4, -0.2) is 37.0 Å². The number of halogens is 1. The fourth-order valence-corrected chi connectivity index (χ4v) is 2.17. The summed E-state index contributed by atoms with van der Waals surface area (Å²) in [4.78, 5) is 14.2. The van der Waals surface area contributed by atoms with Gasteiger partial charge in [0.25, 0.3) is 0 Å². The highest BCUT2D eigenvalue weighted by atomic mass is 35.5. The number of nitrogens with one attached hydrogen (secondary N) is 1. The Kier molecular flexibility index (Phi) is 7.16. The summed E-state index contributed by atoms with van der Waals surface area (Å²) in [6, 6.07) is 0. The molecule has 1 unspecified atom stereocenters. The van der Waals surface area contributed by atoms with Crippen LogP contribution in [0.15, 0.2) is 25.3 Å². The number of hydrogen-bond donors (Lipinski definition) is 1. The van der Waals surface area contributed by atoms with E-state index in [-0.39, 0.29) is 23.7 Å². The predicted octanol–water partition coefficient (Wildman–Crippen LogP) is 2.00. The van der Waals surface area contributed by atoms with E-state index in [2.05, 4.69) is 18.5 Å². The molecule has 0 radical (unpaired) electrons. The molecule has 1 heterocycles. The number of carbonyl (C=O) groups is 1. The van der Waals surface area contributed by atoms with Crippen molar-refractivity contribution in [3.8, 4) is 0 Å². The van der Waals surface area contributed by atoms with Gasteiger partial charge >= 0.3 is 0 Å². The van der Waals surface area contributed by atoms with Crippen molar-refractivity contribution in [3.05, 3.63) is 25.3 Å². The Bertz CT molecular complexity index is 263. The molecule has 98 valence electrons. The van der Waals surface area contributed by atoms with E-state index in [1.54, 1.807) is 12.2 Å². The van der Waals surface area contributed by atoms with Gasteiger partial charge in [-0.05, 0) is 26.3 Å². The van der Waals surface area contributed by atoms with Gasteiger partial charge in [-0.3, -0.25) is 4.79 Å². The molecule has 1 aliphatic heterocycles. The quantitative estimate of drug-likeness (QED) is 0.765. The van der Waals surface area contributed by atoms with E-state index >= 15 is 0 Å². The SMILES string of the molecule is C=CCN(CC=C)C(=O)C1(C)CCCNC1.Cl. The lowest BCUT2D eigenvalue weighted by molar-refractivity contribution is -0.141. The van der Waals surface area contributed by atoms with Crippen molar-refractivity contribution in [2.24, 2.45) is 5.41 Å². The predicted molar refractivity (Wildman–Crippen MR) is 74.4 cm³/mol. The van der Waals surface area contributed by atoms with Crippen LogP contribution in [0, 0.1) is 5.41 Å². The van der Waals surface area contributed by atoms with Crippen LogP contribution in [0.5, 0.6) is 0 Å². The van der Waals surface area contributed by atoms with Gasteiger partial charge in [-0.15, -0.1) is 25.6 Å². The van der Waals surface area contributed by atoms with Crippen molar-refractivity contribution < 1.29 is 4.79 Å². The summed E-state index contributed by atoms with van der Waals surface area (Å²) in [5.41, 5.74) is -0.260. The Morgan fingerprint density at radius 1 is 1.41 bits per heavy atom. The second kappa shape index (κ2) is 7.51. The molecule has 1 fully saturated rings. The van der Waals surface area contributed by atoms with Gasteiger partial charge in [0.15, 0.2) is 0 Å².